The fraction of sp³-hybridized carbons (Fsp3) is 0.636. The van der Waals surface area contributed by atoms with Crippen LogP contribution in [0.3, 0.4) is 0 Å². The van der Waals surface area contributed by atoms with Crippen molar-refractivity contribution < 1.29 is 4.74 Å². The van der Waals surface area contributed by atoms with E-state index in [1.54, 1.807) is 6.07 Å². The van der Waals surface area contributed by atoms with Crippen molar-refractivity contribution in [3.63, 3.8) is 0 Å². The van der Waals surface area contributed by atoms with Crippen LogP contribution in [-0.2, 0) is 4.74 Å². The zero-order chi connectivity index (χ0) is 11.8. The molecular weight excluding hydrogens is 240 g/mol. The Labute approximate surface area is 105 Å². The molecule has 0 spiro atoms. The average molecular weight is 255 g/mol. The lowest BCUT2D eigenvalue weighted by Gasteiger charge is -2.33. The predicted molar refractivity (Wildman–Crippen MR) is 65.4 cm³/mol. The number of nitrogens with zero attached hydrogens (tertiary/aromatic N) is 4. The second kappa shape index (κ2) is 4.40. The van der Waals surface area contributed by atoms with E-state index >= 15 is 0 Å². The van der Waals surface area contributed by atoms with Crippen LogP contribution in [-0.4, -0.2) is 60.3 Å². The maximum atomic E-state index is 5.89. The zero-order valence-electron chi connectivity index (χ0n) is 9.71. The Kier molecular flexibility index (Phi) is 2.90. The maximum absolute atomic E-state index is 5.89. The first-order valence-corrected chi connectivity index (χ1v) is 6.16. The number of rotatable bonds is 1. The SMILES string of the molecule is CN1CCOC2CN(c3cc(Cl)ncn3)CC21. The molecule has 2 aliphatic heterocycles. The third kappa shape index (κ3) is 2.10. The minimum atomic E-state index is 0.280. The third-order valence-corrected chi connectivity index (χ3v) is 3.73. The zero-order valence-corrected chi connectivity index (χ0v) is 10.5. The van der Waals surface area contributed by atoms with Gasteiger partial charge in [0.15, 0.2) is 0 Å². The van der Waals surface area contributed by atoms with Gasteiger partial charge < -0.3 is 9.64 Å². The van der Waals surface area contributed by atoms with Crippen molar-refractivity contribution >= 4 is 17.4 Å². The molecule has 2 atom stereocenters. The van der Waals surface area contributed by atoms with Gasteiger partial charge in [0.05, 0.1) is 18.8 Å². The standard InChI is InChI=1S/C11H15ClN4O/c1-15-2-3-17-9-6-16(5-8(9)15)11-4-10(12)13-7-14-11/h4,7-9H,2-3,5-6H2,1H3. The number of ether oxygens (including phenoxy) is 1. The minimum Gasteiger partial charge on any atom is -0.373 e. The van der Waals surface area contributed by atoms with Crippen molar-refractivity contribution in [3.8, 4) is 0 Å². The van der Waals surface area contributed by atoms with Crippen LogP contribution in [0.4, 0.5) is 5.82 Å². The van der Waals surface area contributed by atoms with Crippen LogP contribution in [0.25, 0.3) is 0 Å². The van der Waals surface area contributed by atoms with Crippen molar-refractivity contribution in [1.82, 2.24) is 14.9 Å². The van der Waals surface area contributed by atoms with Gasteiger partial charge >= 0.3 is 0 Å². The summed E-state index contributed by atoms with van der Waals surface area (Å²) in [6.07, 6.45) is 1.78. The van der Waals surface area contributed by atoms with Crippen molar-refractivity contribution in [2.45, 2.75) is 12.1 Å². The first-order valence-electron chi connectivity index (χ1n) is 5.78. The second-order valence-corrected chi connectivity index (χ2v) is 4.95. The molecular formula is C11H15ClN4O. The number of morpholine rings is 1. The van der Waals surface area contributed by atoms with E-state index in [2.05, 4.69) is 26.8 Å². The molecule has 3 rings (SSSR count). The predicted octanol–water partition coefficient (Wildman–Crippen LogP) is 0.649. The van der Waals surface area contributed by atoms with Gasteiger partial charge in [-0.15, -0.1) is 0 Å². The molecule has 0 aromatic carbocycles. The molecule has 0 radical (unpaired) electrons. The largest absolute Gasteiger partial charge is 0.373 e. The van der Waals surface area contributed by atoms with Crippen LogP contribution in [0.15, 0.2) is 12.4 Å². The topological polar surface area (TPSA) is 41.5 Å². The molecule has 3 heterocycles. The lowest BCUT2D eigenvalue weighted by molar-refractivity contribution is -0.0362. The quantitative estimate of drug-likeness (QED) is 0.689. The third-order valence-electron chi connectivity index (χ3n) is 3.52. The maximum Gasteiger partial charge on any atom is 0.134 e. The summed E-state index contributed by atoms with van der Waals surface area (Å²) in [5.41, 5.74) is 0. The van der Waals surface area contributed by atoms with Crippen LogP contribution in [0.5, 0.6) is 0 Å². The lowest BCUT2D eigenvalue weighted by Crippen LogP contribution is -2.48. The molecule has 2 aliphatic rings. The van der Waals surface area contributed by atoms with Gasteiger partial charge in [0.1, 0.15) is 17.3 Å². The van der Waals surface area contributed by atoms with E-state index in [1.807, 2.05) is 0 Å². The van der Waals surface area contributed by atoms with Crippen molar-refractivity contribution in [2.24, 2.45) is 0 Å². The van der Waals surface area contributed by atoms with Crippen LogP contribution >= 0.6 is 11.6 Å². The molecule has 2 saturated heterocycles. The molecule has 17 heavy (non-hydrogen) atoms. The van der Waals surface area contributed by atoms with E-state index in [1.165, 1.54) is 6.33 Å². The number of anilines is 1. The summed E-state index contributed by atoms with van der Waals surface area (Å²) in [7, 11) is 2.15. The van der Waals surface area contributed by atoms with Gasteiger partial charge in [-0.3, -0.25) is 4.90 Å². The number of halogens is 1. The molecule has 1 aromatic heterocycles. The summed E-state index contributed by atoms with van der Waals surface area (Å²) in [6, 6.07) is 2.26. The van der Waals surface area contributed by atoms with Gasteiger partial charge in [0, 0.05) is 25.7 Å². The fourth-order valence-corrected chi connectivity index (χ4v) is 2.68. The highest BCUT2D eigenvalue weighted by Crippen LogP contribution is 2.26. The van der Waals surface area contributed by atoms with Gasteiger partial charge in [-0.1, -0.05) is 11.6 Å². The number of likely N-dealkylation sites (N-methyl/N-ethyl adjacent to an activating group) is 1. The summed E-state index contributed by atoms with van der Waals surface area (Å²) in [5.74, 6) is 0.886. The molecule has 2 fully saturated rings. The van der Waals surface area contributed by atoms with E-state index in [9.17, 15) is 0 Å². The number of hydrogen-bond donors (Lipinski definition) is 0. The molecule has 5 nitrogen and oxygen atoms in total. The summed E-state index contributed by atoms with van der Waals surface area (Å²) in [4.78, 5) is 12.7. The Bertz CT molecular complexity index is 416. The summed E-state index contributed by atoms with van der Waals surface area (Å²) < 4.78 is 5.79. The average Bonchev–Trinajstić information content (AvgIpc) is 2.74. The molecule has 0 saturated carbocycles. The van der Waals surface area contributed by atoms with Gasteiger partial charge in [-0.25, -0.2) is 9.97 Å². The smallest absolute Gasteiger partial charge is 0.134 e. The molecule has 0 amide bonds. The Morgan fingerprint density at radius 3 is 3.06 bits per heavy atom. The van der Waals surface area contributed by atoms with E-state index in [-0.39, 0.29) is 6.10 Å². The Morgan fingerprint density at radius 1 is 1.41 bits per heavy atom. The van der Waals surface area contributed by atoms with Crippen molar-refractivity contribution in [1.29, 1.82) is 0 Å². The number of aromatic nitrogens is 2. The van der Waals surface area contributed by atoms with Crippen molar-refractivity contribution in [3.05, 3.63) is 17.5 Å². The number of fused-ring (bicyclic) bond motifs is 1. The summed E-state index contributed by atoms with van der Waals surface area (Å²) >= 11 is 5.89. The molecule has 6 heteroatoms. The molecule has 0 bridgehead atoms. The van der Waals surface area contributed by atoms with Crippen LogP contribution in [0.1, 0.15) is 0 Å². The molecule has 1 aromatic rings. The highest BCUT2D eigenvalue weighted by molar-refractivity contribution is 6.29. The molecule has 2 unspecified atom stereocenters. The van der Waals surface area contributed by atoms with Crippen LogP contribution < -0.4 is 4.90 Å². The second-order valence-electron chi connectivity index (χ2n) is 4.56. The van der Waals surface area contributed by atoms with E-state index in [0.717, 1.165) is 32.1 Å². The van der Waals surface area contributed by atoms with Crippen molar-refractivity contribution in [2.75, 3.05) is 38.2 Å². The Morgan fingerprint density at radius 2 is 2.29 bits per heavy atom. The lowest BCUT2D eigenvalue weighted by atomic mass is 10.1. The van der Waals surface area contributed by atoms with Gasteiger partial charge in [0.25, 0.3) is 0 Å². The highest BCUT2D eigenvalue weighted by atomic mass is 35.5. The molecule has 0 N–H and O–H groups in total. The summed E-state index contributed by atoms with van der Waals surface area (Å²) in [6.45, 7) is 3.63. The van der Waals surface area contributed by atoms with Gasteiger partial charge in [-0.05, 0) is 7.05 Å². The minimum absolute atomic E-state index is 0.280. The fourth-order valence-electron chi connectivity index (χ4n) is 2.54. The first kappa shape index (κ1) is 11.2. The Hall–Kier alpha value is -0.910. The normalized spacial score (nSPS) is 29.4. The summed E-state index contributed by atoms with van der Waals surface area (Å²) in [5, 5.41) is 0.485. The molecule has 92 valence electrons. The Balaban J connectivity index is 1.79. The highest BCUT2D eigenvalue weighted by Gasteiger charge is 2.39. The van der Waals surface area contributed by atoms with Gasteiger partial charge in [0.2, 0.25) is 0 Å². The monoisotopic (exact) mass is 254 g/mol. The van der Waals surface area contributed by atoms with Gasteiger partial charge in [-0.2, -0.15) is 0 Å². The van der Waals surface area contributed by atoms with E-state index < -0.39 is 0 Å². The van der Waals surface area contributed by atoms with E-state index in [4.69, 9.17) is 16.3 Å². The molecule has 0 aliphatic carbocycles. The van der Waals surface area contributed by atoms with Crippen LogP contribution in [0, 0.1) is 0 Å². The number of hydrogen-bond acceptors (Lipinski definition) is 5. The van der Waals surface area contributed by atoms with E-state index in [0.29, 0.717) is 11.2 Å². The van der Waals surface area contributed by atoms with Crippen LogP contribution in [0.2, 0.25) is 5.15 Å². The first-order chi connectivity index (χ1) is 8.24.